The highest BCUT2D eigenvalue weighted by atomic mass is 35.5. The average molecular weight is 638 g/mol. The molecule has 4 fully saturated rings. The summed E-state index contributed by atoms with van der Waals surface area (Å²) in [5.74, 6) is -0.363. The molecule has 0 spiro atoms. The summed E-state index contributed by atoms with van der Waals surface area (Å²) >= 11 is 8.97. The second kappa shape index (κ2) is 10.5. The van der Waals surface area contributed by atoms with Crippen molar-refractivity contribution in [3.63, 3.8) is 0 Å². The van der Waals surface area contributed by atoms with Crippen LogP contribution in [0, 0.1) is 29.6 Å². The third-order valence-corrected chi connectivity index (χ3v) is 12.6. The number of benzene rings is 2. The second-order valence-electron chi connectivity index (χ2n) is 11.8. The Balaban J connectivity index is 1.08. The highest BCUT2D eigenvalue weighted by molar-refractivity contribution is 8.00. The van der Waals surface area contributed by atoms with E-state index in [9.17, 15) is 19.2 Å². The number of thiazole rings is 1. The molecule has 2 aliphatic carbocycles. The highest BCUT2D eigenvalue weighted by Crippen LogP contribution is 2.68. The average Bonchev–Trinajstić information content (AvgIpc) is 3.76. The molecule has 12 heteroatoms. The minimum atomic E-state index is -0.372. The van der Waals surface area contributed by atoms with Crippen molar-refractivity contribution < 1.29 is 23.9 Å². The number of imide groups is 1. The summed E-state index contributed by atoms with van der Waals surface area (Å²) in [5.41, 5.74) is 1.60. The molecule has 3 amide bonds. The van der Waals surface area contributed by atoms with Crippen LogP contribution >= 0.6 is 34.7 Å². The van der Waals surface area contributed by atoms with E-state index in [1.807, 2.05) is 24.3 Å². The summed E-state index contributed by atoms with van der Waals surface area (Å²) in [5, 5.41) is 1.53. The van der Waals surface area contributed by atoms with E-state index < -0.39 is 0 Å². The van der Waals surface area contributed by atoms with E-state index in [1.54, 1.807) is 40.9 Å². The van der Waals surface area contributed by atoms with Crippen LogP contribution in [0.15, 0.2) is 58.4 Å². The summed E-state index contributed by atoms with van der Waals surface area (Å²) in [7, 11) is 0. The van der Waals surface area contributed by atoms with Gasteiger partial charge in [0.05, 0.1) is 35.8 Å². The molecular weight excluding hydrogens is 610 g/mol. The van der Waals surface area contributed by atoms with Gasteiger partial charge in [0.15, 0.2) is 6.61 Å². The van der Waals surface area contributed by atoms with Crippen LogP contribution in [0.5, 0.6) is 5.75 Å². The van der Waals surface area contributed by atoms with E-state index in [0.29, 0.717) is 42.8 Å². The van der Waals surface area contributed by atoms with E-state index in [2.05, 4.69) is 4.98 Å². The Morgan fingerprint density at radius 3 is 2.40 bits per heavy atom. The lowest BCUT2D eigenvalue weighted by atomic mass is 9.68. The van der Waals surface area contributed by atoms with Crippen molar-refractivity contribution in [3.8, 4) is 5.75 Å². The van der Waals surface area contributed by atoms with Crippen LogP contribution in [-0.2, 0) is 19.1 Å². The summed E-state index contributed by atoms with van der Waals surface area (Å²) in [6, 6.07) is 14.6. The van der Waals surface area contributed by atoms with Crippen molar-refractivity contribution in [2.75, 3.05) is 37.8 Å². The van der Waals surface area contributed by atoms with Crippen LogP contribution in [0.25, 0.3) is 0 Å². The zero-order chi connectivity index (χ0) is 29.4. The van der Waals surface area contributed by atoms with Crippen molar-refractivity contribution in [2.24, 2.45) is 29.6 Å². The number of hydrogen-bond donors (Lipinski definition) is 1. The van der Waals surface area contributed by atoms with Crippen molar-refractivity contribution in [1.82, 2.24) is 9.88 Å². The fourth-order valence-electron chi connectivity index (χ4n) is 8.06. The number of thioether (sulfide) groups is 1. The minimum Gasteiger partial charge on any atom is -0.484 e. The Kier molecular flexibility index (Phi) is 6.70. The number of carbonyl (C=O) groups is 3. The number of fused-ring (bicyclic) bond motifs is 9. The van der Waals surface area contributed by atoms with Crippen LogP contribution in [0.2, 0.25) is 5.02 Å². The molecule has 3 aromatic rings. The lowest BCUT2D eigenvalue weighted by Gasteiger charge is -2.43. The molecule has 222 valence electrons. The third kappa shape index (κ3) is 4.38. The molecule has 0 radical (unpaired) electrons. The number of hydrogen-bond acceptors (Lipinski definition) is 8. The number of anilines is 1. The van der Waals surface area contributed by atoms with E-state index >= 15 is 0 Å². The Labute approximate surface area is 260 Å². The van der Waals surface area contributed by atoms with Crippen LogP contribution in [0.4, 0.5) is 5.69 Å². The van der Waals surface area contributed by atoms with Gasteiger partial charge in [0, 0.05) is 34.2 Å². The van der Waals surface area contributed by atoms with Gasteiger partial charge in [0.25, 0.3) is 5.91 Å². The zero-order valence-corrected chi connectivity index (χ0v) is 25.3. The molecule has 5 aliphatic rings. The van der Waals surface area contributed by atoms with E-state index in [-0.39, 0.29) is 70.0 Å². The van der Waals surface area contributed by atoms with Crippen LogP contribution in [0.3, 0.4) is 0 Å². The lowest BCUT2D eigenvalue weighted by molar-refractivity contribution is -0.137. The number of halogens is 1. The molecule has 8 rings (SSSR count). The predicted molar refractivity (Wildman–Crippen MR) is 162 cm³/mol. The smallest absolute Gasteiger partial charge is 0.305 e. The van der Waals surface area contributed by atoms with Gasteiger partial charge in [-0.1, -0.05) is 35.1 Å². The SMILES string of the molecule is O=C(COc1ccc([C@@H]2c3sc(=O)[nH]c3S[C@@H]3[C@@H]4C[C@@H]([C@@H]5C(=O)N(c6ccc(Cl)cc6)C(=O)[C@@H]45)[C@H]23)cc1)N1CCOCC1. The quantitative estimate of drug-likeness (QED) is 0.421. The number of carbonyl (C=O) groups excluding carboxylic acids is 3. The first-order chi connectivity index (χ1) is 20.9. The first kappa shape index (κ1) is 27.4. The molecule has 2 bridgehead atoms. The van der Waals surface area contributed by atoms with Crippen molar-refractivity contribution >= 4 is 58.1 Å². The van der Waals surface area contributed by atoms with Gasteiger partial charge >= 0.3 is 4.87 Å². The monoisotopic (exact) mass is 637 g/mol. The normalized spacial score (nSPS) is 30.8. The fraction of sp³-hybridized carbons (Fsp3) is 0.419. The topological polar surface area (TPSA) is 109 Å². The highest BCUT2D eigenvalue weighted by Gasteiger charge is 2.69. The van der Waals surface area contributed by atoms with Crippen molar-refractivity contribution in [3.05, 3.63) is 73.7 Å². The van der Waals surface area contributed by atoms with Gasteiger partial charge in [-0.25, -0.2) is 0 Å². The number of H-pyrrole nitrogens is 1. The summed E-state index contributed by atoms with van der Waals surface area (Å²) < 4.78 is 11.2. The Bertz CT molecular complexity index is 1670. The van der Waals surface area contributed by atoms with Gasteiger partial charge in [-0.15, -0.1) is 11.8 Å². The van der Waals surface area contributed by atoms with Gasteiger partial charge in [-0.3, -0.25) is 24.1 Å². The standard InChI is InChI=1S/C31H28ClN3O6S2/c32-16-3-5-17(6-4-16)35-29(37)24-19-13-20(25(24)30(35)38)26-23(19)22(27-28(42-26)33-31(39)43-27)15-1-7-18(8-2-15)41-14-21(36)34-9-11-40-12-10-34/h1-8,19-20,22-26H,9-14H2,(H,33,39)/t19-,20-,22+,23-,24+,25+,26-/m1/s1. The largest absolute Gasteiger partial charge is 0.484 e. The summed E-state index contributed by atoms with van der Waals surface area (Å²) in [6.07, 6.45) is 0.824. The van der Waals surface area contributed by atoms with Gasteiger partial charge < -0.3 is 19.4 Å². The molecule has 2 saturated carbocycles. The predicted octanol–water partition coefficient (Wildman–Crippen LogP) is 4.01. The van der Waals surface area contributed by atoms with Gasteiger partial charge in [-0.2, -0.15) is 0 Å². The third-order valence-electron chi connectivity index (χ3n) is 9.77. The molecule has 7 atom stereocenters. The van der Waals surface area contributed by atoms with Gasteiger partial charge in [-0.05, 0) is 66.1 Å². The molecule has 1 N–H and O–H groups in total. The molecule has 43 heavy (non-hydrogen) atoms. The molecule has 9 nitrogen and oxygen atoms in total. The number of aromatic nitrogens is 1. The Morgan fingerprint density at radius 2 is 1.67 bits per heavy atom. The number of aromatic amines is 1. The molecule has 4 heterocycles. The van der Waals surface area contributed by atoms with Crippen LogP contribution in [0.1, 0.15) is 22.8 Å². The maximum Gasteiger partial charge on any atom is 0.305 e. The summed E-state index contributed by atoms with van der Waals surface area (Å²) in [4.78, 5) is 59.8. The second-order valence-corrected chi connectivity index (χ2v) is 14.4. The molecule has 2 aromatic carbocycles. The van der Waals surface area contributed by atoms with Gasteiger partial charge in [0.2, 0.25) is 11.8 Å². The van der Waals surface area contributed by atoms with Crippen LogP contribution in [-0.4, -0.2) is 65.8 Å². The van der Waals surface area contributed by atoms with Gasteiger partial charge in [0.1, 0.15) is 5.75 Å². The summed E-state index contributed by atoms with van der Waals surface area (Å²) in [6.45, 7) is 2.18. The maximum atomic E-state index is 13.9. The fourth-order valence-corrected chi connectivity index (χ4v) is 11.1. The molecular formula is C31H28ClN3O6S2. The lowest BCUT2D eigenvalue weighted by Crippen LogP contribution is -2.43. The number of ether oxygens (including phenoxy) is 2. The first-order valence-electron chi connectivity index (χ1n) is 14.5. The van der Waals surface area contributed by atoms with Crippen LogP contribution < -0.4 is 14.5 Å². The number of morpholine rings is 1. The molecule has 1 aromatic heterocycles. The van der Waals surface area contributed by atoms with E-state index in [1.165, 1.54) is 16.2 Å². The van der Waals surface area contributed by atoms with E-state index in [0.717, 1.165) is 21.9 Å². The number of nitrogens with zero attached hydrogens (tertiary/aromatic N) is 2. The van der Waals surface area contributed by atoms with E-state index in [4.69, 9.17) is 21.1 Å². The maximum absolute atomic E-state index is 13.9. The number of nitrogens with one attached hydrogen (secondary N) is 1. The number of amides is 3. The van der Waals surface area contributed by atoms with Crippen molar-refractivity contribution in [1.29, 1.82) is 0 Å². The Hall–Kier alpha value is -3.12. The van der Waals surface area contributed by atoms with Crippen molar-refractivity contribution in [2.45, 2.75) is 22.6 Å². The Morgan fingerprint density at radius 1 is 0.977 bits per heavy atom. The molecule has 0 unspecified atom stereocenters. The molecule has 3 aliphatic heterocycles. The first-order valence-corrected chi connectivity index (χ1v) is 16.6. The molecule has 2 saturated heterocycles. The number of rotatable bonds is 5. The zero-order valence-electron chi connectivity index (χ0n) is 22.9. The minimum absolute atomic E-state index is 0.0265.